The van der Waals surface area contributed by atoms with Crippen molar-refractivity contribution in [1.29, 1.82) is 0 Å². The van der Waals surface area contributed by atoms with Crippen LogP contribution in [0.25, 0.3) is 0 Å². The smallest absolute Gasteiger partial charge is 0.00931 e. The molecule has 23 heavy (non-hydrogen) atoms. The number of hydrogen-bond donors (Lipinski definition) is 1. The quantitative estimate of drug-likeness (QED) is 0.581. The maximum atomic E-state index is 6.64. The molecule has 2 fully saturated rings. The Hall–Kier alpha value is -0.300. The van der Waals surface area contributed by atoms with Gasteiger partial charge in [-0.25, -0.2) is 0 Å². The Balaban J connectivity index is 2.17. The van der Waals surface area contributed by atoms with E-state index in [-0.39, 0.29) is 0 Å². The Kier molecular flexibility index (Phi) is 6.39. The zero-order chi connectivity index (χ0) is 17.2. The van der Waals surface area contributed by atoms with Crippen LogP contribution in [0.15, 0.2) is 12.2 Å². The minimum absolute atomic E-state index is 0.346. The average Bonchev–Trinajstić information content (AvgIpc) is 2.93. The van der Waals surface area contributed by atoms with Crippen molar-refractivity contribution < 1.29 is 0 Å². The van der Waals surface area contributed by atoms with E-state index >= 15 is 0 Å². The number of nitrogens with two attached hydrogens (primary N) is 1. The Morgan fingerprint density at radius 1 is 1.22 bits per heavy atom. The Morgan fingerprint density at radius 2 is 1.91 bits per heavy atom. The van der Waals surface area contributed by atoms with Crippen molar-refractivity contribution in [3.63, 3.8) is 0 Å². The zero-order valence-electron chi connectivity index (χ0n) is 16.4. The van der Waals surface area contributed by atoms with Gasteiger partial charge >= 0.3 is 0 Å². The fraction of sp³-hybridized carbons (Fsp3) is 0.909. The highest BCUT2D eigenvalue weighted by Gasteiger charge is 2.46. The van der Waals surface area contributed by atoms with Crippen LogP contribution >= 0.6 is 0 Å². The van der Waals surface area contributed by atoms with Crippen LogP contribution in [0.2, 0.25) is 0 Å². The first kappa shape index (κ1) is 19.0. The SMILES string of the molecule is C=C1C2CCC1C(C)(CCC)CCCC2C(C)C(N)C(C)CC. The van der Waals surface area contributed by atoms with Crippen LogP contribution in [-0.2, 0) is 0 Å². The van der Waals surface area contributed by atoms with Gasteiger partial charge in [0.2, 0.25) is 0 Å². The third-order valence-corrected chi connectivity index (χ3v) is 7.74. The molecule has 0 spiro atoms. The number of fused-ring (bicyclic) bond motifs is 2. The van der Waals surface area contributed by atoms with Crippen molar-refractivity contribution in [3.8, 4) is 0 Å². The summed E-state index contributed by atoms with van der Waals surface area (Å²) in [5.41, 5.74) is 8.74. The highest BCUT2D eigenvalue weighted by Crippen LogP contribution is 2.56. The second-order valence-corrected chi connectivity index (χ2v) is 9.09. The van der Waals surface area contributed by atoms with Gasteiger partial charge in [0.05, 0.1) is 0 Å². The number of allylic oxidation sites excluding steroid dienone is 1. The molecule has 2 bridgehead atoms. The molecule has 0 aromatic carbocycles. The van der Waals surface area contributed by atoms with Gasteiger partial charge in [-0.15, -0.1) is 0 Å². The summed E-state index contributed by atoms with van der Waals surface area (Å²) in [7, 11) is 0. The standard InChI is InChI=1S/C22H41N/c1-7-13-22(6)14-9-10-18(17(5)21(23)15(3)8-2)19-11-12-20(22)16(19)4/h15,17-21H,4,7-14,23H2,1-3,5-6H3. The molecule has 0 aromatic heterocycles. The predicted octanol–water partition coefficient (Wildman–Crippen LogP) is 6.18. The first-order chi connectivity index (χ1) is 10.9. The normalized spacial score (nSPS) is 38.7. The van der Waals surface area contributed by atoms with E-state index in [2.05, 4.69) is 41.2 Å². The fourth-order valence-corrected chi connectivity index (χ4v) is 5.95. The molecule has 0 aliphatic heterocycles. The minimum atomic E-state index is 0.346. The molecule has 0 aromatic rings. The van der Waals surface area contributed by atoms with E-state index in [9.17, 15) is 0 Å². The molecule has 2 N–H and O–H groups in total. The van der Waals surface area contributed by atoms with Gasteiger partial charge in [0.25, 0.3) is 0 Å². The summed E-state index contributed by atoms with van der Waals surface area (Å²) in [6.45, 7) is 16.5. The Morgan fingerprint density at radius 3 is 2.52 bits per heavy atom. The summed E-state index contributed by atoms with van der Waals surface area (Å²) in [6.07, 6.45) is 10.8. The van der Waals surface area contributed by atoms with Crippen molar-refractivity contribution in [2.75, 3.05) is 0 Å². The lowest BCUT2D eigenvalue weighted by Gasteiger charge is -2.43. The second-order valence-electron chi connectivity index (χ2n) is 9.09. The largest absolute Gasteiger partial charge is 0.327 e. The predicted molar refractivity (Wildman–Crippen MR) is 102 cm³/mol. The van der Waals surface area contributed by atoms with Crippen molar-refractivity contribution >= 4 is 0 Å². The van der Waals surface area contributed by atoms with E-state index in [4.69, 9.17) is 5.73 Å². The Bertz CT molecular complexity index is 401. The number of hydrogen-bond acceptors (Lipinski definition) is 1. The van der Waals surface area contributed by atoms with Crippen LogP contribution in [0.3, 0.4) is 0 Å². The van der Waals surface area contributed by atoms with Crippen LogP contribution in [0.4, 0.5) is 0 Å². The highest BCUT2D eigenvalue weighted by atomic mass is 14.7. The van der Waals surface area contributed by atoms with Gasteiger partial charge in [0.15, 0.2) is 0 Å². The molecule has 0 radical (unpaired) electrons. The van der Waals surface area contributed by atoms with Crippen molar-refractivity contribution in [2.45, 2.75) is 92.0 Å². The average molecular weight is 320 g/mol. The van der Waals surface area contributed by atoms with E-state index in [1.807, 2.05) is 0 Å². The first-order valence-electron chi connectivity index (χ1n) is 10.3. The molecular formula is C22H41N. The number of rotatable bonds is 6. The lowest BCUT2D eigenvalue weighted by atomic mass is 9.63. The molecule has 0 heterocycles. The second kappa shape index (κ2) is 7.72. The molecule has 0 amide bonds. The molecule has 134 valence electrons. The monoisotopic (exact) mass is 319 g/mol. The van der Waals surface area contributed by atoms with Gasteiger partial charge < -0.3 is 5.73 Å². The maximum Gasteiger partial charge on any atom is 0.00931 e. The molecule has 2 aliphatic rings. The summed E-state index contributed by atoms with van der Waals surface area (Å²) in [5, 5.41) is 0. The van der Waals surface area contributed by atoms with Crippen molar-refractivity contribution in [1.82, 2.24) is 0 Å². The molecule has 1 heteroatoms. The summed E-state index contributed by atoms with van der Waals surface area (Å²) in [4.78, 5) is 0. The van der Waals surface area contributed by atoms with Gasteiger partial charge in [-0.1, -0.05) is 66.0 Å². The van der Waals surface area contributed by atoms with E-state index in [1.54, 1.807) is 5.57 Å². The van der Waals surface area contributed by atoms with E-state index in [0.717, 1.165) is 17.8 Å². The first-order valence-corrected chi connectivity index (χ1v) is 10.3. The maximum absolute atomic E-state index is 6.64. The third kappa shape index (κ3) is 3.70. The van der Waals surface area contributed by atoms with Gasteiger partial charge in [0, 0.05) is 6.04 Å². The molecule has 0 saturated heterocycles. The Labute approximate surface area is 145 Å². The van der Waals surface area contributed by atoms with Crippen LogP contribution in [0.1, 0.15) is 86.0 Å². The summed E-state index contributed by atoms with van der Waals surface area (Å²) >= 11 is 0. The van der Waals surface area contributed by atoms with E-state index in [1.165, 1.54) is 51.4 Å². The van der Waals surface area contributed by atoms with Crippen LogP contribution < -0.4 is 5.73 Å². The molecule has 2 saturated carbocycles. The fourth-order valence-electron chi connectivity index (χ4n) is 5.95. The molecular weight excluding hydrogens is 278 g/mol. The molecule has 7 unspecified atom stereocenters. The minimum Gasteiger partial charge on any atom is -0.327 e. The third-order valence-electron chi connectivity index (χ3n) is 7.74. The highest BCUT2D eigenvalue weighted by molar-refractivity contribution is 5.18. The molecule has 2 rings (SSSR count). The van der Waals surface area contributed by atoms with Crippen LogP contribution in [0, 0.1) is 35.0 Å². The topological polar surface area (TPSA) is 26.0 Å². The summed E-state index contributed by atoms with van der Waals surface area (Å²) < 4.78 is 0. The van der Waals surface area contributed by atoms with Gasteiger partial charge in [0.1, 0.15) is 0 Å². The zero-order valence-corrected chi connectivity index (χ0v) is 16.4. The van der Waals surface area contributed by atoms with Crippen molar-refractivity contribution in [2.24, 2.45) is 40.7 Å². The van der Waals surface area contributed by atoms with Gasteiger partial charge in [-0.2, -0.15) is 0 Å². The van der Waals surface area contributed by atoms with E-state index < -0.39 is 0 Å². The van der Waals surface area contributed by atoms with Crippen LogP contribution in [0.5, 0.6) is 0 Å². The molecule has 2 aliphatic carbocycles. The lowest BCUT2D eigenvalue weighted by Crippen LogP contribution is -2.41. The van der Waals surface area contributed by atoms with Gasteiger partial charge in [-0.05, 0) is 67.1 Å². The van der Waals surface area contributed by atoms with Crippen LogP contribution in [-0.4, -0.2) is 6.04 Å². The lowest BCUT2D eigenvalue weighted by molar-refractivity contribution is 0.136. The van der Waals surface area contributed by atoms with Crippen molar-refractivity contribution in [3.05, 3.63) is 12.2 Å². The summed E-state index contributed by atoms with van der Waals surface area (Å²) in [6, 6.07) is 0.346. The van der Waals surface area contributed by atoms with Gasteiger partial charge in [-0.3, -0.25) is 0 Å². The molecule has 1 nitrogen and oxygen atoms in total. The summed E-state index contributed by atoms with van der Waals surface area (Å²) in [5.74, 6) is 3.53. The van der Waals surface area contributed by atoms with E-state index in [0.29, 0.717) is 23.3 Å². The molecule has 7 atom stereocenters.